The summed E-state index contributed by atoms with van der Waals surface area (Å²) in [6, 6.07) is 18.1. The number of anilines is 4. The first-order valence-corrected chi connectivity index (χ1v) is 12.0. The van der Waals surface area contributed by atoms with Crippen LogP contribution in [0.25, 0.3) is 5.52 Å². The third-order valence-corrected chi connectivity index (χ3v) is 6.31. The number of H-pyrrole nitrogens is 1. The molecule has 5 aromatic rings. The molecule has 0 radical (unpaired) electrons. The first kappa shape index (κ1) is 22.8. The van der Waals surface area contributed by atoms with Crippen molar-refractivity contribution in [2.45, 2.75) is 17.8 Å². The van der Waals surface area contributed by atoms with Crippen LogP contribution in [0.1, 0.15) is 21.6 Å². The van der Waals surface area contributed by atoms with Gasteiger partial charge in [0.15, 0.2) is 11.6 Å². The lowest BCUT2D eigenvalue weighted by molar-refractivity contribution is 0.102. The molecule has 5 rings (SSSR count). The smallest absolute Gasteiger partial charge is 0.255 e. The number of nitrogens with zero attached hydrogens (tertiary/aromatic N) is 4. The predicted octanol–water partition coefficient (Wildman–Crippen LogP) is 5.28. The van der Waals surface area contributed by atoms with Crippen molar-refractivity contribution in [1.82, 2.24) is 24.8 Å². The van der Waals surface area contributed by atoms with Crippen molar-refractivity contribution in [3.63, 3.8) is 0 Å². The van der Waals surface area contributed by atoms with Crippen molar-refractivity contribution in [2.75, 3.05) is 16.4 Å². The largest absolute Gasteiger partial charge is 0.397 e. The molecule has 3 heterocycles. The van der Waals surface area contributed by atoms with Gasteiger partial charge in [0.1, 0.15) is 5.52 Å². The number of hydrogen-bond donors (Lipinski definition) is 4. The van der Waals surface area contributed by atoms with E-state index >= 15 is 0 Å². The number of rotatable bonds is 7. The fourth-order valence-electron chi connectivity index (χ4n) is 3.41. The summed E-state index contributed by atoms with van der Waals surface area (Å²) in [7, 11) is 0. The van der Waals surface area contributed by atoms with Gasteiger partial charge >= 0.3 is 0 Å². The highest BCUT2D eigenvalue weighted by molar-refractivity contribution is 7.98. The molecule has 0 aliphatic heterocycles. The molecule has 35 heavy (non-hydrogen) atoms. The van der Waals surface area contributed by atoms with Gasteiger partial charge in [-0.25, -0.2) is 9.50 Å². The molecule has 9 nitrogen and oxygen atoms in total. The number of carbonyl (C=O) groups excluding carboxylic acids is 1. The maximum absolute atomic E-state index is 12.6. The summed E-state index contributed by atoms with van der Waals surface area (Å²) in [6.45, 7) is 1.94. The van der Waals surface area contributed by atoms with Gasteiger partial charge in [0.2, 0.25) is 5.16 Å². The molecular formula is C24H21ClN8OS. The van der Waals surface area contributed by atoms with Crippen LogP contribution in [0.5, 0.6) is 0 Å². The number of thioether (sulfide) groups is 1. The number of carbonyl (C=O) groups is 1. The molecule has 0 saturated carbocycles. The van der Waals surface area contributed by atoms with Gasteiger partial charge in [0, 0.05) is 34.3 Å². The second-order valence-electron chi connectivity index (χ2n) is 7.81. The second-order valence-corrected chi connectivity index (χ2v) is 9.19. The quantitative estimate of drug-likeness (QED) is 0.175. The SMILES string of the molecule is Cc1cc(Nc2nc(SCc3ccc(C(=O)Nc4ccc(Cl)cc4N)cc3)nn3cccc23)n[nH]1. The molecule has 0 unspecified atom stereocenters. The number of halogens is 1. The number of fused-ring (bicyclic) bond motifs is 1. The van der Waals surface area contributed by atoms with Gasteiger partial charge in [0.25, 0.3) is 5.91 Å². The van der Waals surface area contributed by atoms with Gasteiger partial charge in [-0.1, -0.05) is 35.5 Å². The number of nitrogens with one attached hydrogen (secondary N) is 3. The van der Waals surface area contributed by atoms with Crippen molar-refractivity contribution in [3.05, 3.63) is 88.7 Å². The van der Waals surface area contributed by atoms with Crippen LogP contribution >= 0.6 is 23.4 Å². The predicted molar refractivity (Wildman–Crippen MR) is 139 cm³/mol. The third-order valence-electron chi connectivity index (χ3n) is 5.17. The third kappa shape index (κ3) is 5.23. The molecule has 0 aliphatic carbocycles. The summed E-state index contributed by atoms with van der Waals surface area (Å²) < 4.78 is 1.78. The maximum Gasteiger partial charge on any atom is 0.255 e. The molecule has 0 saturated heterocycles. The Morgan fingerprint density at radius 3 is 2.74 bits per heavy atom. The zero-order valence-corrected chi connectivity index (χ0v) is 20.2. The van der Waals surface area contributed by atoms with Gasteiger partial charge in [-0.15, -0.1) is 5.10 Å². The molecule has 176 valence electrons. The summed E-state index contributed by atoms with van der Waals surface area (Å²) in [5.74, 6) is 1.76. The van der Waals surface area contributed by atoms with Crippen molar-refractivity contribution < 1.29 is 4.79 Å². The number of aromatic nitrogens is 5. The van der Waals surface area contributed by atoms with Gasteiger partial charge in [-0.3, -0.25) is 9.89 Å². The lowest BCUT2D eigenvalue weighted by Gasteiger charge is -2.09. The van der Waals surface area contributed by atoms with Crippen molar-refractivity contribution in [2.24, 2.45) is 0 Å². The molecule has 3 aromatic heterocycles. The Morgan fingerprint density at radius 1 is 1.17 bits per heavy atom. The normalized spacial score (nSPS) is 11.0. The molecule has 5 N–H and O–H groups in total. The molecular weight excluding hydrogens is 484 g/mol. The Balaban J connectivity index is 1.26. The van der Waals surface area contributed by atoms with Crippen LogP contribution in [0, 0.1) is 6.92 Å². The number of hydrogen-bond acceptors (Lipinski definition) is 7. The van der Waals surface area contributed by atoms with Gasteiger partial charge in [-0.2, -0.15) is 5.10 Å². The van der Waals surface area contributed by atoms with E-state index in [2.05, 4.69) is 30.9 Å². The monoisotopic (exact) mass is 504 g/mol. The second kappa shape index (κ2) is 9.69. The summed E-state index contributed by atoms with van der Waals surface area (Å²) in [4.78, 5) is 17.3. The van der Waals surface area contributed by atoms with Crippen LogP contribution in [0.15, 0.2) is 72.0 Å². The number of aromatic amines is 1. The number of amides is 1. The fraction of sp³-hybridized carbons (Fsp3) is 0.0833. The first-order chi connectivity index (χ1) is 16.9. The Morgan fingerprint density at radius 2 is 2.00 bits per heavy atom. The van der Waals surface area contributed by atoms with Crippen LogP contribution in [0.4, 0.5) is 23.0 Å². The minimum absolute atomic E-state index is 0.246. The summed E-state index contributed by atoms with van der Waals surface area (Å²) in [5, 5.41) is 18.9. The van der Waals surface area contributed by atoms with E-state index in [0.717, 1.165) is 16.8 Å². The van der Waals surface area contributed by atoms with Crippen molar-refractivity contribution in [1.29, 1.82) is 0 Å². The molecule has 11 heteroatoms. The summed E-state index contributed by atoms with van der Waals surface area (Å²) >= 11 is 7.42. The molecule has 0 spiro atoms. The Hall–Kier alpha value is -4.02. The van der Waals surface area contributed by atoms with E-state index in [1.54, 1.807) is 34.8 Å². The molecule has 1 amide bonds. The Bertz CT molecular complexity index is 1510. The van der Waals surface area contributed by atoms with Gasteiger partial charge in [-0.05, 0) is 55.0 Å². The van der Waals surface area contributed by atoms with E-state index in [0.29, 0.717) is 44.5 Å². The Labute approximate surface area is 210 Å². The van der Waals surface area contributed by atoms with E-state index in [1.807, 2.05) is 43.5 Å². The zero-order valence-electron chi connectivity index (χ0n) is 18.6. The lowest BCUT2D eigenvalue weighted by Crippen LogP contribution is -2.13. The van der Waals surface area contributed by atoms with Crippen molar-refractivity contribution >= 4 is 57.8 Å². The Kier molecular flexibility index (Phi) is 6.30. The average molecular weight is 505 g/mol. The number of nitrogens with two attached hydrogens (primary N) is 1. The highest BCUT2D eigenvalue weighted by Crippen LogP contribution is 2.26. The summed E-state index contributed by atoms with van der Waals surface area (Å²) in [6.07, 6.45) is 1.88. The zero-order chi connectivity index (χ0) is 24.4. The van der Waals surface area contributed by atoms with Crippen LogP contribution in [-0.4, -0.2) is 30.7 Å². The molecule has 2 aromatic carbocycles. The van der Waals surface area contributed by atoms with E-state index in [1.165, 1.54) is 11.8 Å². The van der Waals surface area contributed by atoms with E-state index in [9.17, 15) is 4.79 Å². The topological polar surface area (TPSA) is 126 Å². The van der Waals surface area contributed by atoms with E-state index in [4.69, 9.17) is 17.3 Å². The number of nitrogen functional groups attached to an aromatic ring is 1. The molecule has 0 fully saturated rings. The standard InChI is InChI=1S/C24H21ClN8OS/c1-14-11-21(31-30-14)28-22-20-3-2-10-33(20)32-24(29-22)35-13-15-4-6-16(7-5-15)23(34)27-19-9-8-17(25)12-18(19)26/h2-12H,13,26H2,1H3,(H,27,34)(H2,28,29,30,31,32). The highest BCUT2D eigenvalue weighted by atomic mass is 35.5. The lowest BCUT2D eigenvalue weighted by atomic mass is 10.1. The number of benzene rings is 2. The van der Waals surface area contributed by atoms with Crippen molar-refractivity contribution in [3.8, 4) is 0 Å². The first-order valence-electron chi connectivity index (χ1n) is 10.7. The van der Waals surface area contributed by atoms with E-state index < -0.39 is 0 Å². The molecule has 0 bridgehead atoms. The fourth-order valence-corrected chi connectivity index (χ4v) is 4.38. The number of aryl methyl sites for hydroxylation is 1. The van der Waals surface area contributed by atoms with Crippen LogP contribution in [0.3, 0.4) is 0 Å². The molecule has 0 aliphatic rings. The van der Waals surface area contributed by atoms with Gasteiger partial charge in [0.05, 0.1) is 11.4 Å². The van der Waals surface area contributed by atoms with Crippen LogP contribution in [-0.2, 0) is 5.75 Å². The van der Waals surface area contributed by atoms with Crippen LogP contribution < -0.4 is 16.4 Å². The minimum Gasteiger partial charge on any atom is -0.397 e. The molecule has 0 atom stereocenters. The van der Waals surface area contributed by atoms with Crippen LogP contribution in [0.2, 0.25) is 5.02 Å². The maximum atomic E-state index is 12.6. The average Bonchev–Trinajstić information content (AvgIpc) is 3.48. The van der Waals surface area contributed by atoms with Gasteiger partial charge < -0.3 is 16.4 Å². The summed E-state index contributed by atoms with van der Waals surface area (Å²) in [5.41, 5.74) is 10.2. The van der Waals surface area contributed by atoms with E-state index in [-0.39, 0.29) is 5.91 Å². The minimum atomic E-state index is -0.246. The highest BCUT2D eigenvalue weighted by Gasteiger charge is 2.12.